The average Bonchev–Trinajstić information content (AvgIpc) is 2.56. The Morgan fingerprint density at radius 1 is 1.50 bits per heavy atom. The van der Waals surface area contributed by atoms with Crippen molar-refractivity contribution in [3.05, 3.63) is 35.4 Å². The van der Waals surface area contributed by atoms with Crippen molar-refractivity contribution in [2.75, 3.05) is 6.54 Å². The first-order valence-corrected chi connectivity index (χ1v) is 4.74. The molecule has 1 N–H and O–H groups in total. The van der Waals surface area contributed by atoms with E-state index in [4.69, 9.17) is 4.74 Å². The average molecular weight is 191 g/mol. The van der Waals surface area contributed by atoms with Gasteiger partial charge in [0.2, 0.25) is 0 Å². The van der Waals surface area contributed by atoms with Gasteiger partial charge in [-0.05, 0) is 18.1 Å². The van der Waals surface area contributed by atoms with Crippen LogP contribution in [-0.2, 0) is 11.2 Å². The van der Waals surface area contributed by atoms with E-state index in [1.165, 1.54) is 11.1 Å². The van der Waals surface area contributed by atoms with Gasteiger partial charge in [0.25, 0.3) is 0 Å². The van der Waals surface area contributed by atoms with Crippen molar-refractivity contribution in [1.29, 1.82) is 0 Å². The molecule has 74 valence electrons. The lowest BCUT2D eigenvalue weighted by molar-refractivity contribution is 0.140. The number of amides is 1. The topological polar surface area (TPSA) is 38.3 Å². The molecule has 1 atom stereocenters. The summed E-state index contributed by atoms with van der Waals surface area (Å²) >= 11 is 0. The van der Waals surface area contributed by atoms with Gasteiger partial charge in [0, 0.05) is 6.42 Å². The lowest BCUT2D eigenvalue weighted by Gasteiger charge is -2.09. The van der Waals surface area contributed by atoms with Crippen LogP contribution in [0.3, 0.4) is 0 Å². The Labute approximate surface area is 83.1 Å². The number of carbonyl (C=O) groups is 1. The fourth-order valence-electron chi connectivity index (χ4n) is 1.63. The van der Waals surface area contributed by atoms with E-state index >= 15 is 0 Å². The molecule has 0 bridgehead atoms. The number of hydrogen-bond acceptors (Lipinski definition) is 2. The number of benzene rings is 1. The molecule has 2 rings (SSSR count). The van der Waals surface area contributed by atoms with Crippen LogP contribution in [0, 0.1) is 6.92 Å². The van der Waals surface area contributed by atoms with Crippen LogP contribution in [-0.4, -0.2) is 18.7 Å². The van der Waals surface area contributed by atoms with E-state index in [9.17, 15) is 4.79 Å². The van der Waals surface area contributed by atoms with Gasteiger partial charge in [0.1, 0.15) is 6.10 Å². The largest absolute Gasteiger partial charge is 0.444 e. The van der Waals surface area contributed by atoms with Crippen LogP contribution >= 0.6 is 0 Å². The van der Waals surface area contributed by atoms with Crippen LogP contribution in [0.5, 0.6) is 0 Å². The first kappa shape index (κ1) is 9.06. The second-order valence-corrected chi connectivity index (χ2v) is 3.54. The first-order chi connectivity index (χ1) is 6.75. The molecule has 1 aliphatic heterocycles. The highest BCUT2D eigenvalue weighted by molar-refractivity contribution is 5.69. The van der Waals surface area contributed by atoms with E-state index < -0.39 is 0 Å². The molecule has 0 radical (unpaired) electrons. The smallest absolute Gasteiger partial charge is 0.407 e. The maximum atomic E-state index is 10.8. The molecular formula is C11H13NO2. The van der Waals surface area contributed by atoms with Crippen LogP contribution < -0.4 is 5.32 Å². The monoisotopic (exact) mass is 191 g/mol. The SMILES string of the molecule is Cc1ccccc1C[C@@H]1CNC(=O)O1. The normalized spacial score (nSPS) is 20.4. The molecule has 0 unspecified atom stereocenters. The quantitative estimate of drug-likeness (QED) is 0.771. The number of cyclic esters (lactones) is 1. The number of hydrogen-bond donors (Lipinski definition) is 1. The van der Waals surface area contributed by atoms with Crippen molar-refractivity contribution in [3.63, 3.8) is 0 Å². The summed E-state index contributed by atoms with van der Waals surface area (Å²) in [5.74, 6) is 0. The number of nitrogens with one attached hydrogen (secondary N) is 1. The van der Waals surface area contributed by atoms with Crippen molar-refractivity contribution in [1.82, 2.24) is 5.32 Å². The molecular weight excluding hydrogens is 178 g/mol. The summed E-state index contributed by atoms with van der Waals surface area (Å²) in [4.78, 5) is 10.8. The molecule has 1 aromatic carbocycles. The summed E-state index contributed by atoms with van der Waals surface area (Å²) in [6.07, 6.45) is 0.484. The summed E-state index contributed by atoms with van der Waals surface area (Å²) in [6, 6.07) is 8.16. The maximum Gasteiger partial charge on any atom is 0.407 e. The second kappa shape index (κ2) is 3.70. The minimum Gasteiger partial charge on any atom is -0.444 e. The number of carbonyl (C=O) groups excluding carboxylic acids is 1. The van der Waals surface area contributed by atoms with Gasteiger partial charge in [0.05, 0.1) is 6.54 Å². The molecule has 1 amide bonds. The van der Waals surface area contributed by atoms with Gasteiger partial charge in [-0.25, -0.2) is 4.79 Å². The Balaban J connectivity index is 2.04. The fraction of sp³-hybridized carbons (Fsp3) is 0.364. The molecule has 1 heterocycles. The second-order valence-electron chi connectivity index (χ2n) is 3.54. The lowest BCUT2D eigenvalue weighted by atomic mass is 10.0. The number of aryl methyl sites for hydroxylation is 1. The summed E-state index contributed by atoms with van der Waals surface area (Å²) in [5.41, 5.74) is 2.49. The minimum atomic E-state index is -0.302. The Morgan fingerprint density at radius 2 is 2.29 bits per heavy atom. The van der Waals surface area contributed by atoms with Crippen molar-refractivity contribution in [3.8, 4) is 0 Å². The molecule has 1 fully saturated rings. The van der Waals surface area contributed by atoms with Crippen LogP contribution in [0.1, 0.15) is 11.1 Å². The van der Waals surface area contributed by atoms with Gasteiger partial charge < -0.3 is 10.1 Å². The Bertz CT molecular complexity index is 349. The van der Waals surface area contributed by atoms with Crippen molar-refractivity contribution < 1.29 is 9.53 Å². The summed E-state index contributed by atoms with van der Waals surface area (Å²) < 4.78 is 5.07. The van der Waals surface area contributed by atoms with E-state index in [-0.39, 0.29) is 12.2 Å². The van der Waals surface area contributed by atoms with Gasteiger partial charge >= 0.3 is 6.09 Å². The van der Waals surface area contributed by atoms with Crippen molar-refractivity contribution in [2.24, 2.45) is 0 Å². The van der Waals surface area contributed by atoms with Gasteiger partial charge in [-0.2, -0.15) is 0 Å². The lowest BCUT2D eigenvalue weighted by Crippen LogP contribution is -2.17. The maximum absolute atomic E-state index is 10.8. The molecule has 0 saturated carbocycles. The zero-order valence-corrected chi connectivity index (χ0v) is 8.12. The van der Waals surface area contributed by atoms with Gasteiger partial charge in [-0.15, -0.1) is 0 Å². The summed E-state index contributed by atoms with van der Waals surface area (Å²) in [5, 5.41) is 2.65. The van der Waals surface area contributed by atoms with Gasteiger partial charge in [-0.1, -0.05) is 24.3 Å². The molecule has 1 aromatic rings. The zero-order chi connectivity index (χ0) is 9.97. The van der Waals surface area contributed by atoms with Gasteiger partial charge in [-0.3, -0.25) is 0 Å². The molecule has 3 heteroatoms. The Morgan fingerprint density at radius 3 is 2.93 bits per heavy atom. The third kappa shape index (κ3) is 1.87. The highest BCUT2D eigenvalue weighted by Gasteiger charge is 2.22. The Hall–Kier alpha value is -1.51. The molecule has 0 aromatic heterocycles. The number of alkyl carbamates (subject to hydrolysis) is 1. The number of rotatable bonds is 2. The van der Waals surface area contributed by atoms with Crippen molar-refractivity contribution >= 4 is 6.09 Å². The minimum absolute atomic E-state index is 0.0106. The van der Waals surface area contributed by atoms with E-state index in [2.05, 4.69) is 24.4 Å². The van der Waals surface area contributed by atoms with E-state index in [0.29, 0.717) is 6.54 Å². The van der Waals surface area contributed by atoms with E-state index in [1.54, 1.807) is 0 Å². The zero-order valence-electron chi connectivity index (χ0n) is 8.12. The highest BCUT2D eigenvalue weighted by Crippen LogP contribution is 2.13. The first-order valence-electron chi connectivity index (χ1n) is 4.74. The van der Waals surface area contributed by atoms with Crippen LogP contribution in [0.15, 0.2) is 24.3 Å². The van der Waals surface area contributed by atoms with Gasteiger partial charge in [0.15, 0.2) is 0 Å². The van der Waals surface area contributed by atoms with E-state index in [1.807, 2.05) is 12.1 Å². The predicted molar refractivity (Wildman–Crippen MR) is 53.2 cm³/mol. The van der Waals surface area contributed by atoms with Crippen LogP contribution in [0.25, 0.3) is 0 Å². The highest BCUT2D eigenvalue weighted by atomic mass is 16.6. The predicted octanol–water partition coefficient (Wildman–Crippen LogP) is 1.65. The van der Waals surface area contributed by atoms with Crippen LogP contribution in [0.4, 0.5) is 4.79 Å². The molecule has 0 aliphatic carbocycles. The van der Waals surface area contributed by atoms with E-state index in [0.717, 1.165) is 6.42 Å². The summed E-state index contributed by atoms with van der Waals surface area (Å²) in [7, 11) is 0. The molecule has 1 aliphatic rings. The standard InChI is InChI=1S/C11H13NO2/c1-8-4-2-3-5-9(8)6-10-7-12-11(13)14-10/h2-5,10H,6-7H2,1H3,(H,12,13)/t10-/m1/s1. The fourth-order valence-corrected chi connectivity index (χ4v) is 1.63. The molecule has 0 spiro atoms. The van der Waals surface area contributed by atoms with Crippen molar-refractivity contribution in [2.45, 2.75) is 19.4 Å². The molecule has 14 heavy (non-hydrogen) atoms. The summed E-state index contributed by atoms with van der Waals surface area (Å²) in [6.45, 7) is 2.69. The molecule has 3 nitrogen and oxygen atoms in total. The third-order valence-corrected chi connectivity index (χ3v) is 2.46. The Kier molecular flexibility index (Phi) is 2.39. The van der Waals surface area contributed by atoms with Crippen LogP contribution in [0.2, 0.25) is 0 Å². The third-order valence-electron chi connectivity index (χ3n) is 2.46. The molecule has 1 saturated heterocycles. The number of ether oxygens (including phenoxy) is 1.